The summed E-state index contributed by atoms with van der Waals surface area (Å²) in [6, 6.07) is 0. The van der Waals surface area contributed by atoms with Gasteiger partial charge in [0.1, 0.15) is 0 Å². The van der Waals surface area contributed by atoms with Gasteiger partial charge in [0.2, 0.25) is 6.54 Å². The maximum atomic E-state index is 10.2. The molecular formula is C6H7NO2. The van der Waals surface area contributed by atoms with E-state index in [9.17, 15) is 4.79 Å². The van der Waals surface area contributed by atoms with Gasteiger partial charge in [-0.15, -0.1) is 0 Å². The summed E-state index contributed by atoms with van der Waals surface area (Å²) < 4.78 is 4.46. The van der Waals surface area contributed by atoms with Crippen LogP contribution in [0, 0.1) is 6.57 Å². The highest BCUT2D eigenvalue weighted by atomic mass is 16.5. The van der Waals surface area contributed by atoms with Crippen molar-refractivity contribution in [2.24, 2.45) is 0 Å². The van der Waals surface area contributed by atoms with Gasteiger partial charge in [-0.3, -0.25) is 0 Å². The fourth-order valence-corrected chi connectivity index (χ4v) is 0.251. The molecule has 0 aliphatic rings. The van der Waals surface area contributed by atoms with Gasteiger partial charge in [-0.05, 0) is 0 Å². The zero-order valence-electron chi connectivity index (χ0n) is 4.96. The van der Waals surface area contributed by atoms with E-state index in [1.165, 1.54) is 0 Å². The van der Waals surface area contributed by atoms with Crippen LogP contribution in [0.1, 0.15) is 0 Å². The standard InChI is InChI=1S/C6H7NO2/c1-3-6(8)9-5-4-7-2/h3H,1,4-5H2. The summed E-state index contributed by atoms with van der Waals surface area (Å²) in [5.41, 5.74) is 0. The molecule has 0 fully saturated rings. The van der Waals surface area contributed by atoms with Crippen LogP contribution in [-0.2, 0) is 9.53 Å². The quantitative estimate of drug-likeness (QED) is 0.240. The SMILES string of the molecule is [C-]#[N+]CCOC(=O)C=C. The average Bonchev–Trinajstić information content (AvgIpc) is 1.89. The summed E-state index contributed by atoms with van der Waals surface area (Å²) in [7, 11) is 0. The van der Waals surface area contributed by atoms with Gasteiger partial charge < -0.3 is 9.58 Å². The van der Waals surface area contributed by atoms with E-state index in [-0.39, 0.29) is 13.2 Å². The molecule has 0 atom stereocenters. The Hall–Kier alpha value is -1.30. The van der Waals surface area contributed by atoms with Crippen molar-refractivity contribution in [1.29, 1.82) is 0 Å². The zero-order valence-corrected chi connectivity index (χ0v) is 4.96. The lowest BCUT2D eigenvalue weighted by Gasteiger charge is -1.92. The molecular weight excluding hydrogens is 118 g/mol. The number of hydrogen-bond acceptors (Lipinski definition) is 2. The number of ether oxygens (including phenoxy) is 1. The van der Waals surface area contributed by atoms with Crippen LogP contribution < -0.4 is 0 Å². The molecule has 3 heteroatoms. The van der Waals surface area contributed by atoms with Gasteiger partial charge in [0, 0.05) is 6.08 Å². The van der Waals surface area contributed by atoms with Gasteiger partial charge in [0.15, 0.2) is 6.61 Å². The van der Waals surface area contributed by atoms with E-state index in [0.717, 1.165) is 6.08 Å². The third-order valence-electron chi connectivity index (χ3n) is 0.614. The summed E-state index contributed by atoms with van der Waals surface area (Å²) in [5, 5.41) is 0. The molecule has 0 rings (SSSR count). The van der Waals surface area contributed by atoms with Gasteiger partial charge in [-0.2, -0.15) is 0 Å². The maximum Gasteiger partial charge on any atom is 0.330 e. The Morgan fingerprint density at radius 2 is 2.56 bits per heavy atom. The van der Waals surface area contributed by atoms with Crippen LogP contribution in [0.2, 0.25) is 0 Å². The minimum absolute atomic E-state index is 0.161. The van der Waals surface area contributed by atoms with Crippen molar-refractivity contribution < 1.29 is 9.53 Å². The van der Waals surface area contributed by atoms with Crippen LogP contribution in [0.15, 0.2) is 12.7 Å². The van der Waals surface area contributed by atoms with Gasteiger partial charge in [-0.25, -0.2) is 11.4 Å². The van der Waals surface area contributed by atoms with Gasteiger partial charge in [0.25, 0.3) is 0 Å². The highest BCUT2D eigenvalue weighted by Gasteiger charge is 1.93. The van der Waals surface area contributed by atoms with E-state index in [4.69, 9.17) is 6.57 Å². The summed E-state index contributed by atoms with van der Waals surface area (Å²) in [4.78, 5) is 13.2. The van der Waals surface area contributed by atoms with Gasteiger partial charge >= 0.3 is 5.97 Å². The van der Waals surface area contributed by atoms with Gasteiger partial charge in [-0.1, -0.05) is 6.58 Å². The molecule has 0 aliphatic heterocycles. The Morgan fingerprint density at radius 3 is 3.00 bits per heavy atom. The first-order chi connectivity index (χ1) is 4.31. The molecule has 0 heterocycles. The van der Waals surface area contributed by atoms with Crippen molar-refractivity contribution in [2.75, 3.05) is 13.2 Å². The molecule has 3 nitrogen and oxygen atoms in total. The van der Waals surface area contributed by atoms with Gasteiger partial charge in [0.05, 0.1) is 0 Å². The second-order valence-electron chi connectivity index (χ2n) is 1.25. The number of carbonyl (C=O) groups is 1. The molecule has 0 radical (unpaired) electrons. The monoisotopic (exact) mass is 125 g/mol. The van der Waals surface area contributed by atoms with Crippen molar-refractivity contribution in [3.63, 3.8) is 0 Å². The van der Waals surface area contributed by atoms with E-state index < -0.39 is 5.97 Å². The van der Waals surface area contributed by atoms with Crippen molar-refractivity contribution in [3.8, 4) is 0 Å². The number of carbonyl (C=O) groups excluding carboxylic acids is 1. The van der Waals surface area contributed by atoms with E-state index in [1.807, 2.05) is 0 Å². The molecule has 0 amide bonds. The lowest BCUT2D eigenvalue weighted by atomic mass is 10.6. The van der Waals surface area contributed by atoms with Crippen LogP contribution in [0.3, 0.4) is 0 Å². The highest BCUT2D eigenvalue weighted by Crippen LogP contribution is 1.78. The Labute approximate surface area is 53.8 Å². The van der Waals surface area contributed by atoms with Crippen LogP contribution in [-0.4, -0.2) is 19.1 Å². The Balaban J connectivity index is 3.19. The smallest absolute Gasteiger partial charge is 0.330 e. The zero-order chi connectivity index (χ0) is 7.11. The average molecular weight is 125 g/mol. The third-order valence-corrected chi connectivity index (χ3v) is 0.614. The Morgan fingerprint density at radius 1 is 1.89 bits per heavy atom. The van der Waals surface area contributed by atoms with Crippen molar-refractivity contribution in [3.05, 3.63) is 24.1 Å². The predicted octanol–water partition coefficient (Wildman–Crippen LogP) is 0.635. The molecule has 0 aliphatic carbocycles. The molecule has 0 saturated carbocycles. The minimum atomic E-state index is -0.473. The van der Waals surface area contributed by atoms with E-state index >= 15 is 0 Å². The highest BCUT2D eigenvalue weighted by molar-refractivity contribution is 5.81. The second kappa shape index (κ2) is 4.85. The molecule has 0 aromatic rings. The van der Waals surface area contributed by atoms with E-state index in [0.29, 0.717) is 0 Å². The molecule has 0 saturated heterocycles. The molecule has 0 N–H and O–H groups in total. The summed E-state index contributed by atoms with van der Waals surface area (Å²) in [6.07, 6.45) is 1.07. The molecule has 0 unspecified atom stereocenters. The topological polar surface area (TPSA) is 30.7 Å². The number of nitrogens with zero attached hydrogens (tertiary/aromatic N) is 1. The third kappa shape index (κ3) is 4.56. The largest absolute Gasteiger partial charge is 0.455 e. The first kappa shape index (κ1) is 7.70. The predicted molar refractivity (Wildman–Crippen MR) is 32.6 cm³/mol. The Bertz CT molecular complexity index is 146. The van der Waals surface area contributed by atoms with E-state index in [2.05, 4.69) is 16.2 Å². The molecule has 0 spiro atoms. The normalized spacial score (nSPS) is 7.44. The van der Waals surface area contributed by atoms with E-state index in [1.54, 1.807) is 0 Å². The summed E-state index contributed by atoms with van der Waals surface area (Å²) >= 11 is 0. The fraction of sp³-hybridized carbons (Fsp3) is 0.333. The molecule has 0 aromatic heterocycles. The first-order valence-electron chi connectivity index (χ1n) is 2.43. The lowest BCUT2D eigenvalue weighted by molar-refractivity contribution is -0.137. The molecule has 0 aromatic carbocycles. The van der Waals surface area contributed by atoms with Crippen LogP contribution in [0.25, 0.3) is 4.85 Å². The lowest BCUT2D eigenvalue weighted by Crippen LogP contribution is -2.02. The van der Waals surface area contributed by atoms with Crippen LogP contribution >= 0.6 is 0 Å². The van der Waals surface area contributed by atoms with Crippen LogP contribution in [0.5, 0.6) is 0 Å². The molecule has 48 valence electrons. The number of hydrogen-bond donors (Lipinski definition) is 0. The molecule has 9 heavy (non-hydrogen) atoms. The van der Waals surface area contributed by atoms with Crippen molar-refractivity contribution >= 4 is 5.97 Å². The minimum Gasteiger partial charge on any atom is -0.455 e. The summed E-state index contributed by atoms with van der Waals surface area (Å²) in [5.74, 6) is -0.473. The second-order valence-corrected chi connectivity index (χ2v) is 1.25. The van der Waals surface area contributed by atoms with Crippen molar-refractivity contribution in [1.82, 2.24) is 0 Å². The number of esters is 1. The Kier molecular flexibility index (Phi) is 4.15. The molecule has 0 bridgehead atoms. The first-order valence-corrected chi connectivity index (χ1v) is 2.43. The fourth-order valence-electron chi connectivity index (χ4n) is 0.251. The summed E-state index contributed by atoms with van der Waals surface area (Å²) in [6.45, 7) is 9.88. The maximum absolute atomic E-state index is 10.2. The number of rotatable bonds is 3. The van der Waals surface area contributed by atoms with Crippen molar-refractivity contribution in [2.45, 2.75) is 0 Å². The van der Waals surface area contributed by atoms with Crippen LogP contribution in [0.4, 0.5) is 0 Å².